The molecule has 1 amide bonds. The van der Waals surface area contributed by atoms with Crippen LogP contribution in [0.2, 0.25) is 0 Å². The quantitative estimate of drug-likeness (QED) is 0.341. The summed E-state index contributed by atoms with van der Waals surface area (Å²) in [5.74, 6) is -1.40. The van der Waals surface area contributed by atoms with Crippen LogP contribution in [0.4, 0.5) is 22.0 Å². The smallest absolute Gasteiger partial charge is 0.394 e. The minimum atomic E-state index is -4.58. The van der Waals surface area contributed by atoms with Crippen LogP contribution < -0.4 is 10.1 Å². The van der Waals surface area contributed by atoms with Crippen molar-refractivity contribution in [2.24, 2.45) is 5.41 Å². The Balaban J connectivity index is 1.91. The number of hydrogen-bond acceptors (Lipinski definition) is 8. The molecule has 3 N–H and O–H groups in total. The second kappa shape index (κ2) is 12.0. The molecular formula is C26H35F5N4O6S. The van der Waals surface area contributed by atoms with Crippen molar-refractivity contribution >= 4 is 15.7 Å². The van der Waals surface area contributed by atoms with E-state index in [0.717, 1.165) is 20.1 Å². The summed E-state index contributed by atoms with van der Waals surface area (Å²) in [6, 6.07) is 2.54. The maximum atomic E-state index is 13.4. The van der Waals surface area contributed by atoms with Crippen molar-refractivity contribution in [3.8, 4) is 17.1 Å². The van der Waals surface area contributed by atoms with E-state index in [2.05, 4.69) is 20.1 Å². The molecule has 3 unspecified atom stereocenters. The van der Waals surface area contributed by atoms with Gasteiger partial charge in [0.25, 0.3) is 5.91 Å². The number of alkyl halides is 5. The number of amides is 1. The summed E-state index contributed by atoms with van der Waals surface area (Å²) in [6.07, 6.45) is -5.75. The highest BCUT2D eigenvalue weighted by molar-refractivity contribution is 7.91. The molecule has 16 heteroatoms. The van der Waals surface area contributed by atoms with E-state index in [1.54, 1.807) is 6.92 Å². The second-order valence-corrected chi connectivity index (χ2v) is 13.6. The van der Waals surface area contributed by atoms with E-state index in [1.165, 1.54) is 23.7 Å². The summed E-state index contributed by atoms with van der Waals surface area (Å²) < 4.78 is 96.5. The Morgan fingerprint density at radius 3 is 2.45 bits per heavy atom. The first-order chi connectivity index (χ1) is 19.2. The van der Waals surface area contributed by atoms with Gasteiger partial charge in [-0.25, -0.2) is 13.4 Å². The van der Waals surface area contributed by atoms with Gasteiger partial charge < -0.3 is 20.3 Å². The Kier molecular flexibility index (Phi) is 9.64. The maximum absolute atomic E-state index is 13.4. The zero-order valence-electron chi connectivity index (χ0n) is 23.8. The molecule has 3 rings (SSSR count). The molecule has 0 aliphatic heterocycles. The third kappa shape index (κ3) is 7.19. The molecule has 42 heavy (non-hydrogen) atoms. The normalized spacial score (nSPS) is 21.9. The van der Waals surface area contributed by atoms with Gasteiger partial charge in [0, 0.05) is 37.0 Å². The lowest BCUT2D eigenvalue weighted by Gasteiger charge is -2.39. The maximum Gasteiger partial charge on any atom is 0.394 e. The van der Waals surface area contributed by atoms with Crippen molar-refractivity contribution in [1.29, 1.82) is 0 Å². The lowest BCUT2D eigenvalue weighted by Crippen LogP contribution is -2.56. The number of nitrogens with one attached hydrogen (secondary N) is 1. The van der Waals surface area contributed by atoms with Gasteiger partial charge in [-0.15, -0.1) is 0 Å². The molecule has 1 aliphatic rings. The fourth-order valence-electron chi connectivity index (χ4n) is 4.90. The number of carbonyl (C=O) groups is 1. The number of hydrogen-bond donors (Lipinski definition) is 3. The number of carbonyl (C=O) groups excluding carboxylic acids is 1. The second-order valence-electron chi connectivity index (χ2n) is 11.3. The van der Waals surface area contributed by atoms with Crippen LogP contribution in [-0.2, 0) is 22.8 Å². The number of ether oxygens (including phenoxy) is 1. The predicted octanol–water partition coefficient (Wildman–Crippen LogP) is 3.42. The number of pyridine rings is 1. The Bertz CT molecular complexity index is 1410. The number of nitrogens with zero attached hydrogens (tertiary/aromatic N) is 3. The number of rotatable bonds is 10. The highest BCUT2D eigenvalue weighted by Crippen LogP contribution is 2.41. The highest BCUT2D eigenvalue weighted by atomic mass is 32.2. The first-order valence-corrected chi connectivity index (χ1v) is 15.1. The summed E-state index contributed by atoms with van der Waals surface area (Å²) >= 11 is 0. The van der Waals surface area contributed by atoms with E-state index < -0.39 is 69.7 Å². The Morgan fingerprint density at radius 1 is 1.29 bits per heavy atom. The molecule has 0 aromatic carbocycles. The van der Waals surface area contributed by atoms with E-state index in [-0.39, 0.29) is 54.0 Å². The van der Waals surface area contributed by atoms with E-state index in [0.29, 0.717) is 0 Å². The summed E-state index contributed by atoms with van der Waals surface area (Å²) in [5.41, 5.74) is -3.90. The molecule has 2 heterocycles. The van der Waals surface area contributed by atoms with Crippen LogP contribution in [0.3, 0.4) is 0 Å². The number of aliphatic hydroxyl groups excluding tert-OH is 1. The first-order valence-electron chi connectivity index (χ1n) is 13.2. The van der Waals surface area contributed by atoms with Gasteiger partial charge in [0.15, 0.2) is 5.69 Å². The molecule has 2 aromatic rings. The van der Waals surface area contributed by atoms with Gasteiger partial charge in [-0.2, -0.15) is 27.1 Å². The van der Waals surface area contributed by atoms with Crippen molar-refractivity contribution in [1.82, 2.24) is 20.1 Å². The van der Waals surface area contributed by atoms with Crippen LogP contribution in [0.5, 0.6) is 5.88 Å². The molecule has 3 atom stereocenters. The molecular weight excluding hydrogens is 591 g/mol. The monoisotopic (exact) mass is 626 g/mol. The molecule has 1 aliphatic carbocycles. The molecule has 0 saturated heterocycles. The first kappa shape index (κ1) is 33.6. The van der Waals surface area contributed by atoms with Crippen LogP contribution in [0.1, 0.15) is 61.8 Å². The summed E-state index contributed by atoms with van der Waals surface area (Å²) in [7, 11) is -3.43. The Morgan fingerprint density at radius 2 is 1.93 bits per heavy atom. The molecule has 1 saturated carbocycles. The number of sulfone groups is 1. The standard InChI is InChI=1S/C26H35F5N4O6S/c1-6-35-20(17-8-7-15(33-22(17)41-23(27)28)12-24(3,4)26(29,30)31)14(2)19(34-35)21(37)32-13-25(38)10-9-16(11-18(25)36)42(5,39)40/h7-8,16,18,23,36,38H,6,9-13H2,1-5H3,(H,32,37). The third-order valence-electron chi connectivity index (χ3n) is 7.63. The summed E-state index contributed by atoms with van der Waals surface area (Å²) in [6.45, 7) is 1.48. The summed E-state index contributed by atoms with van der Waals surface area (Å²) in [5, 5.41) is 27.3. The van der Waals surface area contributed by atoms with Crippen molar-refractivity contribution in [3.63, 3.8) is 0 Å². The third-order valence-corrected chi connectivity index (χ3v) is 9.27. The zero-order valence-corrected chi connectivity index (χ0v) is 24.6. The highest BCUT2D eigenvalue weighted by Gasteiger charge is 2.47. The average molecular weight is 627 g/mol. The summed E-state index contributed by atoms with van der Waals surface area (Å²) in [4.78, 5) is 17.1. The van der Waals surface area contributed by atoms with Crippen LogP contribution in [0, 0.1) is 12.3 Å². The average Bonchev–Trinajstić information content (AvgIpc) is 3.18. The topological polar surface area (TPSA) is 144 Å². The SMILES string of the molecule is CCn1nc(C(=O)NCC2(O)CCC(S(C)(=O)=O)CC2O)c(C)c1-c1ccc(CC(C)(C)C(F)(F)F)nc1OC(F)F. The molecule has 10 nitrogen and oxygen atoms in total. The zero-order chi connectivity index (χ0) is 31.8. The number of aliphatic hydroxyl groups is 2. The van der Waals surface area contributed by atoms with E-state index in [1.807, 2.05) is 0 Å². The van der Waals surface area contributed by atoms with E-state index in [9.17, 15) is 45.4 Å². The van der Waals surface area contributed by atoms with Crippen LogP contribution in [-0.4, -0.2) is 81.8 Å². The van der Waals surface area contributed by atoms with Crippen molar-refractivity contribution < 1.29 is 50.1 Å². The van der Waals surface area contributed by atoms with Crippen LogP contribution in [0.15, 0.2) is 12.1 Å². The van der Waals surface area contributed by atoms with Crippen molar-refractivity contribution in [2.75, 3.05) is 12.8 Å². The van der Waals surface area contributed by atoms with Crippen LogP contribution in [0.25, 0.3) is 11.3 Å². The van der Waals surface area contributed by atoms with Crippen LogP contribution >= 0.6 is 0 Å². The molecule has 2 aromatic heterocycles. The lowest BCUT2D eigenvalue weighted by atomic mass is 9.82. The fraction of sp³-hybridized carbons (Fsp3) is 0.654. The lowest BCUT2D eigenvalue weighted by molar-refractivity contribution is -0.211. The van der Waals surface area contributed by atoms with Gasteiger partial charge in [-0.05, 0) is 45.2 Å². The minimum absolute atomic E-state index is 0.0251. The predicted molar refractivity (Wildman–Crippen MR) is 142 cm³/mol. The minimum Gasteiger partial charge on any atom is -0.416 e. The van der Waals surface area contributed by atoms with Crippen molar-refractivity contribution in [2.45, 2.75) is 89.7 Å². The number of aromatic nitrogens is 3. The van der Waals surface area contributed by atoms with E-state index >= 15 is 0 Å². The Labute approximate surface area is 240 Å². The van der Waals surface area contributed by atoms with Gasteiger partial charge in [-0.3, -0.25) is 9.48 Å². The number of halogens is 5. The largest absolute Gasteiger partial charge is 0.416 e. The molecule has 0 radical (unpaired) electrons. The molecule has 0 spiro atoms. The van der Waals surface area contributed by atoms with Crippen molar-refractivity contribution in [3.05, 3.63) is 29.1 Å². The fourth-order valence-corrected chi connectivity index (χ4v) is 5.98. The number of aryl methyl sites for hydroxylation is 1. The van der Waals surface area contributed by atoms with E-state index in [4.69, 9.17) is 0 Å². The van der Waals surface area contributed by atoms with Gasteiger partial charge in [0.05, 0.1) is 28.0 Å². The van der Waals surface area contributed by atoms with Gasteiger partial charge in [0.1, 0.15) is 15.4 Å². The van der Waals surface area contributed by atoms with Gasteiger partial charge in [-0.1, -0.05) is 13.8 Å². The molecule has 236 valence electrons. The Hall–Kier alpha value is -2.85. The molecule has 0 bridgehead atoms. The van der Waals surface area contributed by atoms with Gasteiger partial charge in [0.2, 0.25) is 5.88 Å². The van der Waals surface area contributed by atoms with Gasteiger partial charge >= 0.3 is 12.8 Å². The molecule has 1 fully saturated rings.